The maximum Gasteiger partial charge on any atom is 0.145 e. The van der Waals surface area contributed by atoms with Crippen molar-refractivity contribution >= 4 is 12.4 Å². The van der Waals surface area contributed by atoms with Crippen molar-refractivity contribution in [3.8, 4) is 0 Å². The third-order valence-corrected chi connectivity index (χ3v) is 1.78. The average Bonchev–Trinajstić information content (AvgIpc) is 2.11. The normalized spacial score (nSPS) is 11.5. The van der Waals surface area contributed by atoms with Gasteiger partial charge in [-0.2, -0.15) is 0 Å². The fraction of sp³-hybridized carbons (Fsp3) is 0.182. The van der Waals surface area contributed by atoms with E-state index in [0.717, 1.165) is 6.29 Å². The second-order valence-electron chi connectivity index (χ2n) is 3.01. The van der Waals surface area contributed by atoms with Gasteiger partial charge in [0.25, 0.3) is 0 Å². The first-order chi connectivity index (χ1) is 6.13. The number of aldehydes is 1. The number of hydrogen-bond acceptors (Lipinski definition) is 1. The largest absolute Gasteiger partial charge is 0.298 e. The van der Waals surface area contributed by atoms with Crippen LogP contribution in [0.15, 0.2) is 23.8 Å². The zero-order chi connectivity index (χ0) is 9.84. The van der Waals surface area contributed by atoms with Gasteiger partial charge < -0.3 is 0 Å². The Morgan fingerprint density at radius 1 is 1.46 bits per heavy atom. The van der Waals surface area contributed by atoms with Gasteiger partial charge in [-0.1, -0.05) is 12.1 Å². The maximum absolute atomic E-state index is 13.0. The smallest absolute Gasteiger partial charge is 0.145 e. The molecule has 0 bridgehead atoms. The highest BCUT2D eigenvalue weighted by atomic mass is 19.1. The minimum atomic E-state index is -0.243. The number of allylic oxidation sites excluding steroid dienone is 1. The van der Waals surface area contributed by atoms with Gasteiger partial charge >= 0.3 is 0 Å². The van der Waals surface area contributed by atoms with E-state index < -0.39 is 0 Å². The van der Waals surface area contributed by atoms with Crippen molar-refractivity contribution in [3.05, 3.63) is 40.7 Å². The van der Waals surface area contributed by atoms with Crippen LogP contribution in [0.3, 0.4) is 0 Å². The van der Waals surface area contributed by atoms with Crippen LogP contribution in [0.2, 0.25) is 0 Å². The van der Waals surface area contributed by atoms with Crippen LogP contribution >= 0.6 is 0 Å². The Labute approximate surface area is 76.9 Å². The van der Waals surface area contributed by atoms with Crippen LogP contribution < -0.4 is 0 Å². The van der Waals surface area contributed by atoms with Crippen molar-refractivity contribution in [1.82, 2.24) is 0 Å². The third kappa shape index (κ3) is 2.51. The summed E-state index contributed by atoms with van der Waals surface area (Å²) in [6, 6.07) is 4.90. The molecule has 0 saturated heterocycles. The summed E-state index contributed by atoms with van der Waals surface area (Å²) in [7, 11) is 0. The van der Waals surface area contributed by atoms with Gasteiger partial charge in [-0.25, -0.2) is 4.39 Å². The summed E-state index contributed by atoms with van der Waals surface area (Å²) in [5.74, 6) is -0.243. The van der Waals surface area contributed by atoms with E-state index in [9.17, 15) is 9.18 Å². The Hall–Kier alpha value is -1.44. The van der Waals surface area contributed by atoms with E-state index in [-0.39, 0.29) is 5.82 Å². The van der Waals surface area contributed by atoms with Gasteiger partial charge in [0.2, 0.25) is 0 Å². The molecular weight excluding hydrogens is 167 g/mol. The van der Waals surface area contributed by atoms with Gasteiger partial charge in [0.05, 0.1) is 0 Å². The van der Waals surface area contributed by atoms with Crippen LogP contribution in [-0.4, -0.2) is 6.29 Å². The van der Waals surface area contributed by atoms with E-state index >= 15 is 0 Å². The number of aryl methyl sites for hydroxylation is 1. The molecule has 1 rings (SSSR count). The molecule has 13 heavy (non-hydrogen) atoms. The molecule has 1 aromatic carbocycles. The lowest BCUT2D eigenvalue weighted by atomic mass is 10.1. The van der Waals surface area contributed by atoms with Gasteiger partial charge in [-0.3, -0.25) is 4.79 Å². The molecule has 0 N–H and O–H groups in total. The lowest BCUT2D eigenvalue weighted by molar-refractivity contribution is -0.104. The molecular formula is C11H11FO. The summed E-state index contributed by atoms with van der Waals surface area (Å²) >= 11 is 0. The quantitative estimate of drug-likeness (QED) is 0.502. The summed E-state index contributed by atoms with van der Waals surface area (Å²) in [5.41, 5.74) is 1.91. The van der Waals surface area contributed by atoms with E-state index in [0.29, 0.717) is 16.7 Å². The Kier molecular flexibility index (Phi) is 2.96. The Bertz CT molecular complexity index is 353. The fourth-order valence-electron chi connectivity index (χ4n) is 0.996. The molecule has 0 aliphatic carbocycles. The predicted octanol–water partition coefficient (Wildman–Crippen LogP) is 2.74. The zero-order valence-corrected chi connectivity index (χ0v) is 7.67. The topological polar surface area (TPSA) is 17.1 Å². The molecule has 0 spiro atoms. The number of halogens is 1. The van der Waals surface area contributed by atoms with Crippen molar-refractivity contribution in [3.63, 3.8) is 0 Å². The van der Waals surface area contributed by atoms with Crippen LogP contribution in [0, 0.1) is 12.7 Å². The van der Waals surface area contributed by atoms with Crippen LogP contribution in [0.1, 0.15) is 18.1 Å². The molecule has 68 valence electrons. The predicted molar refractivity (Wildman–Crippen MR) is 50.9 cm³/mol. The van der Waals surface area contributed by atoms with Crippen LogP contribution in [-0.2, 0) is 4.79 Å². The fourth-order valence-corrected chi connectivity index (χ4v) is 0.996. The molecule has 0 radical (unpaired) electrons. The van der Waals surface area contributed by atoms with E-state index in [1.165, 1.54) is 6.07 Å². The zero-order valence-electron chi connectivity index (χ0n) is 7.67. The number of benzene rings is 1. The lowest BCUT2D eigenvalue weighted by Crippen LogP contribution is -1.84. The van der Waals surface area contributed by atoms with Crippen molar-refractivity contribution in [2.75, 3.05) is 0 Å². The van der Waals surface area contributed by atoms with E-state index in [4.69, 9.17) is 0 Å². The van der Waals surface area contributed by atoms with Crippen LogP contribution in [0.5, 0.6) is 0 Å². The summed E-state index contributed by atoms with van der Waals surface area (Å²) in [6.07, 6.45) is 2.40. The highest BCUT2D eigenvalue weighted by Crippen LogP contribution is 2.11. The van der Waals surface area contributed by atoms with E-state index in [1.54, 1.807) is 32.1 Å². The third-order valence-electron chi connectivity index (χ3n) is 1.78. The van der Waals surface area contributed by atoms with Gasteiger partial charge in [0, 0.05) is 0 Å². The maximum atomic E-state index is 13.0. The molecule has 0 aromatic heterocycles. The highest BCUT2D eigenvalue weighted by molar-refractivity contribution is 5.80. The Morgan fingerprint density at radius 3 is 2.69 bits per heavy atom. The molecule has 2 heteroatoms. The SMILES string of the molecule is CC(C=O)=Cc1ccc(C)c(F)c1. The molecule has 0 amide bonds. The monoisotopic (exact) mass is 178 g/mol. The molecule has 0 atom stereocenters. The second-order valence-corrected chi connectivity index (χ2v) is 3.01. The minimum Gasteiger partial charge on any atom is -0.298 e. The Balaban J connectivity index is 3.04. The highest BCUT2D eigenvalue weighted by Gasteiger charge is 1.97. The van der Waals surface area contributed by atoms with Gasteiger partial charge in [0.1, 0.15) is 12.1 Å². The second kappa shape index (κ2) is 3.99. The van der Waals surface area contributed by atoms with E-state index in [1.807, 2.05) is 0 Å². The summed E-state index contributed by atoms with van der Waals surface area (Å²) in [6.45, 7) is 3.39. The number of carbonyl (C=O) groups is 1. The average molecular weight is 178 g/mol. The van der Waals surface area contributed by atoms with Gasteiger partial charge in [-0.05, 0) is 42.7 Å². The summed E-state index contributed by atoms with van der Waals surface area (Å²) < 4.78 is 13.0. The molecule has 0 fully saturated rings. The van der Waals surface area contributed by atoms with Gasteiger partial charge in [0.15, 0.2) is 0 Å². The molecule has 0 aliphatic rings. The van der Waals surface area contributed by atoms with Crippen molar-refractivity contribution in [2.45, 2.75) is 13.8 Å². The number of carbonyl (C=O) groups excluding carboxylic acids is 1. The molecule has 0 unspecified atom stereocenters. The van der Waals surface area contributed by atoms with Crippen LogP contribution in [0.4, 0.5) is 4.39 Å². The minimum absolute atomic E-state index is 0.243. The van der Waals surface area contributed by atoms with Crippen LogP contribution in [0.25, 0.3) is 6.08 Å². The molecule has 0 heterocycles. The first-order valence-electron chi connectivity index (χ1n) is 4.03. The van der Waals surface area contributed by atoms with Gasteiger partial charge in [-0.15, -0.1) is 0 Å². The molecule has 1 nitrogen and oxygen atoms in total. The standard InChI is InChI=1S/C11H11FO/c1-8(7-13)5-10-4-3-9(2)11(12)6-10/h3-7H,1-2H3. The van der Waals surface area contributed by atoms with Crippen molar-refractivity contribution in [1.29, 1.82) is 0 Å². The first kappa shape index (κ1) is 9.65. The molecule has 0 saturated carbocycles. The first-order valence-corrected chi connectivity index (χ1v) is 4.03. The summed E-state index contributed by atoms with van der Waals surface area (Å²) in [5, 5.41) is 0. The summed E-state index contributed by atoms with van der Waals surface area (Å²) in [4.78, 5) is 10.3. The lowest BCUT2D eigenvalue weighted by Gasteiger charge is -1.98. The molecule has 1 aromatic rings. The number of rotatable bonds is 2. The van der Waals surface area contributed by atoms with Crippen molar-refractivity contribution < 1.29 is 9.18 Å². The Morgan fingerprint density at radius 2 is 2.15 bits per heavy atom. The number of hydrogen-bond donors (Lipinski definition) is 0. The molecule has 0 aliphatic heterocycles. The van der Waals surface area contributed by atoms with E-state index in [2.05, 4.69) is 0 Å². The van der Waals surface area contributed by atoms with Crippen molar-refractivity contribution in [2.24, 2.45) is 0 Å².